The molecule has 1 atom stereocenters. The molecule has 146 valence electrons. The highest BCUT2D eigenvalue weighted by atomic mass is 35.5. The maximum atomic E-state index is 12.6. The molecule has 0 aliphatic carbocycles. The van der Waals surface area contributed by atoms with Gasteiger partial charge in [-0.25, -0.2) is 8.42 Å². The van der Waals surface area contributed by atoms with Crippen molar-refractivity contribution in [3.8, 4) is 5.75 Å². The van der Waals surface area contributed by atoms with Gasteiger partial charge in [0.25, 0.3) is 0 Å². The molecule has 0 aliphatic rings. The van der Waals surface area contributed by atoms with Crippen LogP contribution >= 0.6 is 11.6 Å². The molecule has 0 fully saturated rings. The smallest absolute Gasteiger partial charge is 0.244 e. The molecule has 0 radical (unpaired) electrons. The Morgan fingerprint density at radius 1 is 1.15 bits per heavy atom. The Hall–Kier alpha value is -2.25. The van der Waals surface area contributed by atoms with Crippen molar-refractivity contribution in [3.05, 3.63) is 59.6 Å². The van der Waals surface area contributed by atoms with Crippen LogP contribution in [0.1, 0.15) is 13.3 Å². The summed E-state index contributed by atoms with van der Waals surface area (Å²) < 4.78 is 31.3. The standard InChI is InChI=1S/C19H23ClN2O4S/c1-3-18(22(27(2,24)25)16-7-5-4-6-8-16)19(23)21-13-14-26-17-11-9-15(20)10-12-17/h4-12,18H,3,13-14H2,1-2H3,(H,21,23)/t18-/m0/s1. The zero-order chi connectivity index (χ0) is 19.9. The van der Waals surface area contributed by atoms with Crippen molar-refractivity contribution < 1.29 is 17.9 Å². The summed E-state index contributed by atoms with van der Waals surface area (Å²) in [6.07, 6.45) is 1.44. The summed E-state index contributed by atoms with van der Waals surface area (Å²) in [7, 11) is -3.62. The summed E-state index contributed by atoms with van der Waals surface area (Å²) in [5.74, 6) is 0.272. The number of amides is 1. The molecular formula is C19H23ClN2O4S. The fraction of sp³-hybridized carbons (Fsp3) is 0.316. The van der Waals surface area contributed by atoms with Crippen molar-refractivity contribution in [1.82, 2.24) is 5.32 Å². The third kappa shape index (κ3) is 6.15. The van der Waals surface area contributed by atoms with Gasteiger partial charge in [0.15, 0.2) is 0 Å². The molecule has 0 heterocycles. The summed E-state index contributed by atoms with van der Waals surface area (Å²) in [6, 6.07) is 14.7. The van der Waals surface area contributed by atoms with E-state index in [4.69, 9.17) is 16.3 Å². The topological polar surface area (TPSA) is 75.7 Å². The van der Waals surface area contributed by atoms with Gasteiger partial charge in [-0.05, 0) is 42.8 Å². The van der Waals surface area contributed by atoms with E-state index in [2.05, 4.69) is 5.32 Å². The predicted octanol–water partition coefficient (Wildman–Crippen LogP) is 3.08. The van der Waals surface area contributed by atoms with E-state index in [1.165, 1.54) is 0 Å². The molecule has 0 aliphatic heterocycles. The second-order valence-corrected chi connectivity index (χ2v) is 8.21. The first-order valence-corrected chi connectivity index (χ1v) is 10.8. The van der Waals surface area contributed by atoms with Crippen molar-refractivity contribution in [2.45, 2.75) is 19.4 Å². The zero-order valence-electron chi connectivity index (χ0n) is 15.3. The fourth-order valence-electron chi connectivity index (χ4n) is 2.63. The minimum atomic E-state index is -3.62. The maximum absolute atomic E-state index is 12.6. The Morgan fingerprint density at radius 3 is 2.33 bits per heavy atom. The van der Waals surface area contributed by atoms with Crippen molar-refractivity contribution in [3.63, 3.8) is 0 Å². The molecule has 2 aromatic rings. The molecule has 8 heteroatoms. The molecule has 6 nitrogen and oxygen atoms in total. The summed E-state index contributed by atoms with van der Waals surface area (Å²) >= 11 is 5.82. The molecule has 0 spiro atoms. The molecule has 27 heavy (non-hydrogen) atoms. The third-order valence-corrected chi connectivity index (χ3v) is 5.26. The fourth-order valence-corrected chi connectivity index (χ4v) is 3.96. The van der Waals surface area contributed by atoms with Crippen LogP contribution in [0.25, 0.3) is 0 Å². The Bertz CT molecular complexity index is 842. The van der Waals surface area contributed by atoms with Gasteiger partial charge in [-0.3, -0.25) is 9.10 Å². The number of carbonyl (C=O) groups excluding carboxylic acids is 1. The highest BCUT2D eigenvalue weighted by Crippen LogP contribution is 2.22. The van der Waals surface area contributed by atoms with Crippen LogP contribution in [-0.4, -0.2) is 39.8 Å². The molecule has 2 aromatic carbocycles. The number of ether oxygens (including phenoxy) is 1. The lowest BCUT2D eigenvalue weighted by molar-refractivity contribution is -0.122. The molecule has 1 amide bonds. The first-order chi connectivity index (χ1) is 12.8. The normalized spacial score (nSPS) is 12.3. The number of benzene rings is 2. The number of para-hydroxylation sites is 1. The van der Waals surface area contributed by atoms with Crippen LogP contribution < -0.4 is 14.4 Å². The lowest BCUT2D eigenvalue weighted by atomic mass is 10.2. The Balaban J connectivity index is 1.99. The minimum Gasteiger partial charge on any atom is -0.492 e. The van der Waals surface area contributed by atoms with Crippen LogP contribution in [0.4, 0.5) is 5.69 Å². The number of hydrogen-bond donors (Lipinski definition) is 1. The molecule has 0 bridgehead atoms. The van der Waals surface area contributed by atoms with E-state index in [0.717, 1.165) is 10.6 Å². The van der Waals surface area contributed by atoms with Crippen LogP contribution in [0.5, 0.6) is 5.75 Å². The second-order valence-electron chi connectivity index (χ2n) is 5.91. The van der Waals surface area contributed by atoms with Gasteiger partial charge in [-0.1, -0.05) is 36.7 Å². The third-order valence-electron chi connectivity index (χ3n) is 3.82. The zero-order valence-corrected chi connectivity index (χ0v) is 16.8. The summed E-state index contributed by atoms with van der Waals surface area (Å²) in [5.41, 5.74) is 0.458. The first kappa shape index (κ1) is 21.1. The van der Waals surface area contributed by atoms with E-state index in [1.54, 1.807) is 61.5 Å². The lowest BCUT2D eigenvalue weighted by Gasteiger charge is -2.30. The predicted molar refractivity (Wildman–Crippen MR) is 108 cm³/mol. The lowest BCUT2D eigenvalue weighted by Crippen LogP contribution is -2.49. The molecule has 0 aromatic heterocycles. The van der Waals surface area contributed by atoms with Crippen LogP contribution in [0.15, 0.2) is 54.6 Å². The number of nitrogens with zero attached hydrogens (tertiary/aromatic N) is 1. The Labute approximate surface area is 165 Å². The largest absolute Gasteiger partial charge is 0.492 e. The Morgan fingerprint density at radius 2 is 1.78 bits per heavy atom. The van der Waals surface area contributed by atoms with E-state index >= 15 is 0 Å². The summed E-state index contributed by atoms with van der Waals surface area (Å²) in [5, 5.41) is 3.36. The first-order valence-electron chi connectivity index (χ1n) is 8.53. The van der Waals surface area contributed by atoms with Gasteiger partial charge >= 0.3 is 0 Å². The molecule has 0 unspecified atom stereocenters. The van der Waals surface area contributed by atoms with E-state index in [9.17, 15) is 13.2 Å². The number of hydrogen-bond acceptors (Lipinski definition) is 4. The monoisotopic (exact) mass is 410 g/mol. The van der Waals surface area contributed by atoms with E-state index in [1.807, 2.05) is 0 Å². The molecule has 1 N–H and O–H groups in total. The van der Waals surface area contributed by atoms with Crippen molar-refractivity contribution in [2.24, 2.45) is 0 Å². The van der Waals surface area contributed by atoms with Crippen LogP contribution in [0.2, 0.25) is 5.02 Å². The second kappa shape index (κ2) is 9.62. The number of anilines is 1. The SMILES string of the molecule is CC[C@@H](C(=O)NCCOc1ccc(Cl)cc1)N(c1ccccc1)S(C)(=O)=O. The van der Waals surface area contributed by atoms with Crippen LogP contribution in [0, 0.1) is 0 Å². The average Bonchev–Trinajstić information content (AvgIpc) is 2.64. The molecule has 2 rings (SSSR count). The van der Waals surface area contributed by atoms with Gasteiger partial charge in [0.1, 0.15) is 18.4 Å². The number of rotatable bonds is 9. The van der Waals surface area contributed by atoms with E-state index in [0.29, 0.717) is 22.9 Å². The van der Waals surface area contributed by atoms with Crippen LogP contribution in [-0.2, 0) is 14.8 Å². The number of nitrogens with one attached hydrogen (secondary N) is 1. The number of halogens is 1. The van der Waals surface area contributed by atoms with Crippen molar-refractivity contribution >= 4 is 33.2 Å². The highest BCUT2D eigenvalue weighted by Gasteiger charge is 2.31. The van der Waals surface area contributed by atoms with E-state index < -0.39 is 16.1 Å². The van der Waals surface area contributed by atoms with Gasteiger partial charge in [0.05, 0.1) is 18.5 Å². The van der Waals surface area contributed by atoms with Crippen LogP contribution in [0.3, 0.4) is 0 Å². The number of sulfonamides is 1. The van der Waals surface area contributed by atoms with Gasteiger partial charge < -0.3 is 10.1 Å². The van der Waals surface area contributed by atoms with Gasteiger partial charge in [-0.2, -0.15) is 0 Å². The molecular weight excluding hydrogens is 388 g/mol. The summed E-state index contributed by atoms with van der Waals surface area (Å²) in [6.45, 7) is 2.29. The average molecular weight is 411 g/mol. The maximum Gasteiger partial charge on any atom is 0.244 e. The quantitative estimate of drug-likeness (QED) is 0.644. The van der Waals surface area contributed by atoms with Crippen molar-refractivity contribution in [1.29, 1.82) is 0 Å². The highest BCUT2D eigenvalue weighted by molar-refractivity contribution is 7.92. The molecule has 0 saturated carbocycles. The Kier molecular flexibility index (Phi) is 7.50. The molecule has 0 saturated heterocycles. The van der Waals surface area contributed by atoms with Gasteiger partial charge in [0, 0.05) is 5.02 Å². The number of carbonyl (C=O) groups is 1. The minimum absolute atomic E-state index is 0.254. The van der Waals surface area contributed by atoms with Crippen molar-refractivity contribution in [2.75, 3.05) is 23.7 Å². The van der Waals surface area contributed by atoms with Gasteiger partial charge in [0.2, 0.25) is 15.9 Å². The van der Waals surface area contributed by atoms with E-state index in [-0.39, 0.29) is 19.1 Å². The van der Waals surface area contributed by atoms with Gasteiger partial charge in [-0.15, -0.1) is 0 Å². The summed E-state index contributed by atoms with van der Waals surface area (Å²) in [4.78, 5) is 12.6.